The molecule has 0 amide bonds. The van der Waals surface area contributed by atoms with Crippen molar-refractivity contribution in [2.75, 3.05) is 0 Å². The van der Waals surface area contributed by atoms with Crippen molar-refractivity contribution < 1.29 is 0 Å². The Hall–Kier alpha value is 0.310. The second-order valence-electron chi connectivity index (χ2n) is 5.15. The van der Waals surface area contributed by atoms with E-state index in [1.807, 2.05) is 0 Å². The molecule has 1 saturated carbocycles. The third kappa shape index (κ3) is 3.13. The third-order valence-electron chi connectivity index (χ3n) is 3.99. The van der Waals surface area contributed by atoms with Gasteiger partial charge in [0.25, 0.3) is 0 Å². The Kier molecular flexibility index (Phi) is 5.48. The molecule has 2 heteroatoms. The number of thiol groups is 1. The topological polar surface area (TPSA) is 26.0 Å². The average Bonchev–Trinajstić information content (AvgIpc) is 2.22. The molecule has 90 valence electrons. The van der Waals surface area contributed by atoms with Crippen LogP contribution in [0.3, 0.4) is 0 Å². The molecule has 0 spiro atoms. The van der Waals surface area contributed by atoms with Crippen LogP contribution in [0.4, 0.5) is 0 Å². The second kappa shape index (κ2) is 6.15. The van der Waals surface area contributed by atoms with Gasteiger partial charge in [0.2, 0.25) is 0 Å². The van der Waals surface area contributed by atoms with Crippen LogP contribution >= 0.6 is 12.6 Å². The summed E-state index contributed by atoms with van der Waals surface area (Å²) in [7, 11) is 0. The van der Waals surface area contributed by atoms with Crippen molar-refractivity contribution in [2.45, 2.75) is 76.0 Å². The summed E-state index contributed by atoms with van der Waals surface area (Å²) in [4.78, 5) is 0. The summed E-state index contributed by atoms with van der Waals surface area (Å²) in [5.41, 5.74) is 6.66. The molecule has 2 N–H and O–H groups in total. The van der Waals surface area contributed by atoms with E-state index >= 15 is 0 Å². The van der Waals surface area contributed by atoms with Crippen LogP contribution in [-0.4, -0.2) is 10.8 Å². The first kappa shape index (κ1) is 13.4. The zero-order valence-electron chi connectivity index (χ0n) is 10.3. The van der Waals surface area contributed by atoms with E-state index in [0.717, 1.165) is 0 Å². The van der Waals surface area contributed by atoms with Gasteiger partial charge in [-0.1, -0.05) is 39.5 Å². The molecule has 0 aromatic heterocycles. The van der Waals surface area contributed by atoms with Crippen LogP contribution in [0.25, 0.3) is 0 Å². The normalized spacial score (nSPS) is 32.2. The summed E-state index contributed by atoms with van der Waals surface area (Å²) >= 11 is 4.74. The number of hydrogen-bond acceptors (Lipinski definition) is 2. The van der Waals surface area contributed by atoms with Gasteiger partial charge in [0.05, 0.1) is 0 Å². The standard InChI is InChI=1S/C13H27NS/c1-3-7-11(8-4-2)13(14)10-6-5-9-12(13)15/h11-12,15H,3-10,14H2,1-2H3. The fourth-order valence-electron chi connectivity index (χ4n) is 3.06. The molecule has 1 fully saturated rings. The van der Waals surface area contributed by atoms with Gasteiger partial charge in [-0.05, 0) is 31.6 Å². The summed E-state index contributed by atoms with van der Waals surface area (Å²) in [5, 5.41) is 0.425. The molecule has 1 aliphatic rings. The highest BCUT2D eigenvalue weighted by atomic mass is 32.1. The Labute approximate surface area is 101 Å². The van der Waals surface area contributed by atoms with Crippen LogP contribution in [0, 0.1) is 5.92 Å². The highest BCUT2D eigenvalue weighted by molar-refractivity contribution is 7.81. The van der Waals surface area contributed by atoms with Crippen molar-refractivity contribution in [1.29, 1.82) is 0 Å². The van der Waals surface area contributed by atoms with Crippen LogP contribution in [0.1, 0.15) is 65.2 Å². The van der Waals surface area contributed by atoms with Crippen molar-refractivity contribution in [3.63, 3.8) is 0 Å². The largest absolute Gasteiger partial charge is 0.324 e. The van der Waals surface area contributed by atoms with Crippen molar-refractivity contribution in [2.24, 2.45) is 11.7 Å². The van der Waals surface area contributed by atoms with E-state index < -0.39 is 0 Å². The van der Waals surface area contributed by atoms with E-state index in [1.54, 1.807) is 0 Å². The molecule has 1 aliphatic carbocycles. The lowest BCUT2D eigenvalue weighted by atomic mass is 9.70. The number of hydrogen-bond donors (Lipinski definition) is 2. The molecule has 0 bridgehead atoms. The summed E-state index contributed by atoms with van der Waals surface area (Å²) in [6, 6.07) is 0. The molecular weight excluding hydrogens is 202 g/mol. The van der Waals surface area contributed by atoms with Gasteiger partial charge in [0.15, 0.2) is 0 Å². The molecule has 0 aromatic rings. The van der Waals surface area contributed by atoms with Gasteiger partial charge in [-0.2, -0.15) is 12.6 Å². The predicted molar refractivity (Wildman–Crippen MR) is 71.5 cm³/mol. The zero-order valence-corrected chi connectivity index (χ0v) is 11.2. The maximum atomic E-state index is 6.64. The monoisotopic (exact) mass is 229 g/mol. The minimum Gasteiger partial charge on any atom is -0.324 e. The predicted octanol–water partition coefficient (Wildman–Crippen LogP) is 3.77. The molecule has 2 atom stereocenters. The smallest absolute Gasteiger partial charge is 0.0300 e. The van der Waals surface area contributed by atoms with Crippen LogP contribution in [0.5, 0.6) is 0 Å². The van der Waals surface area contributed by atoms with Crippen LogP contribution in [0.15, 0.2) is 0 Å². The third-order valence-corrected chi connectivity index (χ3v) is 4.73. The molecule has 0 aliphatic heterocycles. The van der Waals surface area contributed by atoms with Gasteiger partial charge >= 0.3 is 0 Å². The minimum absolute atomic E-state index is 0.0212. The van der Waals surface area contributed by atoms with Crippen molar-refractivity contribution >= 4 is 12.6 Å². The first-order valence-corrected chi connectivity index (χ1v) is 7.13. The first-order valence-electron chi connectivity index (χ1n) is 6.62. The summed E-state index contributed by atoms with van der Waals surface area (Å²) < 4.78 is 0. The Morgan fingerprint density at radius 1 is 1.27 bits per heavy atom. The van der Waals surface area contributed by atoms with Gasteiger partial charge < -0.3 is 5.73 Å². The Morgan fingerprint density at radius 3 is 2.33 bits per heavy atom. The fraction of sp³-hybridized carbons (Fsp3) is 1.00. The zero-order chi connectivity index (χ0) is 11.3. The quantitative estimate of drug-likeness (QED) is 0.690. The Morgan fingerprint density at radius 2 is 1.87 bits per heavy atom. The summed E-state index contributed by atoms with van der Waals surface area (Å²) in [6.07, 6.45) is 10.1. The van der Waals surface area contributed by atoms with Gasteiger partial charge in [-0.3, -0.25) is 0 Å². The second-order valence-corrected chi connectivity index (χ2v) is 5.77. The average molecular weight is 229 g/mol. The highest BCUT2D eigenvalue weighted by Crippen LogP contribution is 2.39. The van der Waals surface area contributed by atoms with Gasteiger partial charge in [-0.15, -0.1) is 0 Å². The van der Waals surface area contributed by atoms with Crippen molar-refractivity contribution in [3.05, 3.63) is 0 Å². The maximum Gasteiger partial charge on any atom is 0.0300 e. The van der Waals surface area contributed by atoms with Gasteiger partial charge in [0.1, 0.15) is 0 Å². The first-order chi connectivity index (χ1) is 7.15. The fourth-order valence-corrected chi connectivity index (χ4v) is 3.58. The van der Waals surface area contributed by atoms with Gasteiger partial charge in [0, 0.05) is 10.8 Å². The summed E-state index contributed by atoms with van der Waals surface area (Å²) in [5.74, 6) is 0.690. The van der Waals surface area contributed by atoms with Crippen LogP contribution in [-0.2, 0) is 0 Å². The number of nitrogens with two attached hydrogens (primary N) is 1. The van der Waals surface area contributed by atoms with E-state index in [0.29, 0.717) is 11.2 Å². The van der Waals surface area contributed by atoms with E-state index in [1.165, 1.54) is 51.4 Å². The van der Waals surface area contributed by atoms with E-state index in [2.05, 4.69) is 13.8 Å². The molecule has 1 nitrogen and oxygen atoms in total. The van der Waals surface area contributed by atoms with E-state index in [-0.39, 0.29) is 5.54 Å². The summed E-state index contributed by atoms with van der Waals surface area (Å²) in [6.45, 7) is 4.53. The van der Waals surface area contributed by atoms with Gasteiger partial charge in [-0.25, -0.2) is 0 Å². The Balaban J connectivity index is 2.68. The minimum atomic E-state index is 0.0212. The molecule has 0 aromatic carbocycles. The van der Waals surface area contributed by atoms with Crippen molar-refractivity contribution in [3.8, 4) is 0 Å². The molecule has 0 radical (unpaired) electrons. The molecule has 0 saturated heterocycles. The SMILES string of the molecule is CCCC(CCC)C1(N)CCCCC1S. The van der Waals surface area contributed by atoms with Crippen LogP contribution in [0.2, 0.25) is 0 Å². The van der Waals surface area contributed by atoms with Crippen molar-refractivity contribution in [1.82, 2.24) is 0 Å². The molecular formula is C13H27NS. The molecule has 1 rings (SSSR count). The van der Waals surface area contributed by atoms with Crippen LogP contribution < -0.4 is 5.73 Å². The van der Waals surface area contributed by atoms with E-state index in [9.17, 15) is 0 Å². The lowest BCUT2D eigenvalue weighted by Crippen LogP contribution is -2.56. The molecule has 15 heavy (non-hydrogen) atoms. The highest BCUT2D eigenvalue weighted by Gasteiger charge is 2.40. The maximum absolute atomic E-state index is 6.64. The number of rotatable bonds is 5. The lowest BCUT2D eigenvalue weighted by molar-refractivity contribution is 0.183. The molecule has 0 heterocycles. The van der Waals surface area contributed by atoms with E-state index in [4.69, 9.17) is 18.4 Å². The Bertz CT molecular complexity index is 177. The lowest BCUT2D eigenvalue weighted by Gasteiger charge is -2.45. The molecule has 2 unspecified atom stereocenters.